The quantitative estimate of drug-likeness (QED) is 0.464. The van der Waals surface area contributed by atoms with Crippen LogP contribution < -0.4 is 0 Å². The Labute approximate surface area is 77.9 Å². The summed E-state index contributed by atoms with van der Waals surface area (Å²) in [7, 11) is 0. The highest BCUT2D eigenvalue weighted by atomic mass is 32.2. The predicted octanol–water partition coefficient (Wildman–Crippen LogP) is 3.17. The Kier molecular flexibility index (Phi) is 3.08. The van der Waals surface area contributed by atoms with Crippen molar-refractivity contribution in [1.82, 2.24) is 0 Å². The number of hydrogen-bond donors (Lipinski definition) is 0. The van der Waals surface area contributed by atoms with Gasteiger partial charge in [-0.05, 0) is 12.8 Å². The van der Waals surface area contributed by atoms with Gasteiger partial charge >= 0.3 is 0 Å². The van der Waals surface area contributed by atoms with E-state index in [9.17, 15) is 0 Å². The van der Waals surface area contributed by atoms with Gasteiger partial charge in [-0.1, -0.05) is 19.3 Å². The standard InChI is InChI=1S/C9H16S2/c1(2-4-8-6-10-8)3-5-9-7-11-9/h8-9H,1-7H2. The molecule has 2 rings (SSSR count). The van der Waals surface area contributed by atoms with E-state index in [1.807, 2.05) is 0 Å². The number of rotatable bonds is 6. The van der Waals surface area contributed by atoms with Crippen LogP contribution in [-0.4, -0.2) is 22.0 Å². The molecule has 0 aromatic heterocycles. The molecule has 0 saturated carbocycles. The number of thioether (sulfide) groups is 2. The first kappa shape index (κ1) is 8.31. The van der Waals surface area contributed by atoms with Crippen molar-refractivity contribution in [3.8, 4) is 0 Å². The first-order valence-corrected chi connectivity index (χ1v) is 6.78. The molecule has 2 aliphatic heterocycles. The van der Waals surface area contributed by atoms with Gasteiger partial charge in [0.25, 0.3) is 0 Å². The fourth-order valence-electron chi connectivity index (χ4n) is 1.39. The molecule has 0 radical (unpaired) electrons. The van der Waals surface area contributed by atoms with Crippen LogP contribution in [-0.2, 0) is 0 Å². The molecule has 0 amide bonds. The third-order valence-electron chi connectivity index (χ3n) is 2.36. The van der Waals surface area contributed by atoms with Gasteiger partial charge in [-0.2, -0.15) is 23.5 Å². The zero-order chi connectivity index (χ0) is 7.52. The summed E-state index contributed by atoms with van der Waals surface area (Å²) >= 11 is 4.28. The molecule has 0 N–H and O–H groups in total. The molecule has 11 heavy (non-hydrogen) atoms. The van der Waals surface area contributed by atoms with E-state index in [0.29, 0.717) is 0 Å². The SMILES string of the molecule is C(CCC1CS1)CCC1CS1. The second-order valence-corrected chi connectivity index (χ2v) is 6.22. The Morgan fingerprint density at radius 3 is 1.64 bits per heavy atom. The summed E-state index contributed by atoms with van der Waals surface area (Å²) < 4.78 is 0. The van der Waals surface area contributed by atoms with Crippen molar-refractivity contribution >= 4 is 23.5 Å². The lowest BCUT2D eigenvalue weighted by atomic mass is 10.1. The third kappa shape index (κ3) is 3.75. The smallest absolute Gasteiger partial charge is 0.0138 e. The molecular formula is C9H16S2. The van der Waals surface area contributed by atoms with Crippen molar-refractivity contribution < 1.29 is 0 Å². The molecule has 0 aliphatic carbocycles. The van der Waals surface area contributed by atoms with Crippen LogP contribution in [0.25, 0.3) is 0 Å². The van der Waals surface area contributed by atoms with Crippen molar-refractivity contribution in [2.24, 2.45) is 0 Å². The van der Waals surface area contributed by atoms with Gasteiger partial charge in [0.1, 0.15) is 0 Å². The molecular weight excluding hydrogens is 172 g/mol. The summed E-state index contributed by atoms with van der Waals surface area (Å²) in [5.74, 6) is 2.91. The molecule has 2 heterocycles. The Hall–Kier alpha value is 0.700. The van der Waals surface area contributed by atoms with Crippen LogP contribution in [0.1, 0.15) is 32.1 Å². The molecule has 2 saturated heterocycles. The van der Waals surface area contributed by atoms with Gasteiger partial charge in [0, 0.05) is 22.0 Å². The topological polar surface area (TPSA) is 0 Å². The van der Waals surface area contributed by atoms with E-state index in [0.717, 1.165) is 10.5 Å². The second-order valence-electron chi connectivity index (χ2n) is 3.55. The maximum Gasteiger partial charge on any atom is 0.0138 e. The third-order valence-corrected chi connectivity index (χ3v) is 4.44. The monoisotopic (exact) mass is 188 g/mol. The minimum atomic E-state index is 1.07. The first-order valence-electron chi connectivity index (χ1n) is 4.68. The highest BCUT2D eigenvalue weighted by molar-refractivity contribution is 8.07. The minimum Gasteiger partial charge on any atom is -0.157 e. The average molecular weight is 188 g/mol. The van der Waals surface area contributed by atoms with Gasteiger partial charge in [0.2, 0.25) is 0 Å². The summed E-state index contributed by atoms with van der Waals surface area (Å²) in [6.45, 7) is 0. The van der Waals surface area contributed by atoms with Gasteiger partial charge in [-0.15, -0.1) is 0 Å². The lowest BCUT2D eigenvalue weighted by Gasteiger charge is -1.97. The summed E-state index contributed by atoms with van der Waals surface area (Å²) in [5, 5.41) is 2.15. The van der Waals surface area contributed by atoms with Gasteiger partial charge in [0.05, 0.1) is 0 Å². The van der Waals surface area contributed by atoms with E-state index in [2.05, 4.69) is 23.5 Å². The maximum atomic E-state index is 2.14. The summed E-state index contributed by atoms with van der Waals surface area (Å²) in [6, 6.07) is 0. The summed E-state index contributed by atoms with van der Waals surface area (Å²) in [4.78, 5) is 0. The molecule has 2 aliphatic rings. The summed E-state index contributed by atoms with van der Waals surface area (Å²) in [6.07, 6.45) is 7.49. The Morgan fingerprint density at radius 2 is 1.27 bits per heavy atom. The van der Waals surface area contributed by atoms with Gasteiger partial charge in [0.15, 0.2) is 0 Å². The second kappa shape index (κ2) is 4.08. The lowest BCUT2D eigenvalue weighted by Crippen LogP contribution is -1.86. The van der Waals surface area contributed by atoms with Crippen LogP contribution >= 0.6 is 23.5 Å². The van der Waals surface area contributed by atoms with Crippen molar-refractivity contribution in [2.75, 3.05) is 11.5 Å². The highest BCUT2D eigenvalue weighted by Gasteiger charge is 2.22. The van der Waals surface area contributed by atoms with Crippen molar-refractivity contribution in [3.63, 3.8) is 0 Å². The first-order chi connectivity index (χ1) is 5.45. The molecule has 64 valence electrons. The lowest BCUT2D eigenvalue weighted by molar-refractivity contribution is 0.631. The van der Waals surface area contributed by atoms with E-state index in [1.54, 1.807) is 0 Å². The highest BCUT2D eigenvalue weighted by Crippen LogP contribution is 2.36. The van der Waals surface area contributed by atoms with Gasteiger partial charge < -0.3 is 0 Å². The molecule has 0 spiro atoms. The zero-order valence-electron chi connectivity index (χ0n) is 6.92. The van der Waals surface area contributed by atoms with Gasteiger partial charge in [-0.25, -0.2) is 0 Å². The normalized spacial score (nSPS) is 33.8. The molecule has 0 nitrogen and oxygen atoms in total. The molecule has 2 heteroatoms. The van der Waals surface area contributed by atoms with E-state index in [1.165, 1.54) is 43.6 Å². The van der Waals surface area contributed by atoms with Crippen LogP contribution in [0, 0.1) is 0 Å². The summed E-state index contributed by atoms with van der Waals surface area (Å²) in [5.41, 5.74) is 0. The van der Waals surface area contributed by atoms with E-state index in [-0.39, 0.29) is 0 Å². The van der Waals surface area contributed by atoms with E-state index in [4.69, 9.17) is 0 Å². The predicted molar refractivity (Wildman–Crippen MR) is 55.6 cm³/mol. The minimum absolute atomic E-state index is 1.07. The van der Waals surface area contributed by atoms with Crippen molar-refractivity contribution in [1.29, 1.82) is 0 Å². The average Bonchev–Trinajstić information content (AvgIpc) is 2.83. The fraction of sp³-hybridized carbons (Fsp3) is 1.00. The fourth-order valence-corrected chi connectivity index (χ4v) is 2.66. The van der Waals surface area contributed by atoms with Crippen LogP contribution in [0.15, 0.2) is 0 Å². The maximum absolute atomic E-state index is 2.14. The molecule has 0 aromatic carbocycles. The molecule has 2 unspecified atom stereocenters. The molecule has 2 atom stereocenters. The van der Waals surface area contributed by atoms with Crippen molar-refractivity contribution in [3.05, 3.63) is 0 Å². The van der Waals surface area contributed by atoms with Crippen LogP contribution in [0.2, 0.25) is 0 Å². The Morgan fingerprint density at radius 1 is 0.818 bits per heavy atom. The molecule has 0 bridgehead atoms. The van der Waals surface area contributed by atoms with Crippen LogP contribution in [0.4, 0.5) is 0 Å². The van der Waals surface area contributed by atoms with E-state index < -0.39 is 0 Å². The van der Waals surface area contributed by atoms with Crippen LogP contribution in [0.3, 0.4) is 0 Å². The van der Waals surface area contributed by atoms with E-state index >= 15 is 0 Å². The molecule has 2 fully saturated rings. The Balaban J connectivity index is 1.35. The molecule has 0 aromatic rings. The van der Waals surface area contributed by atoms with Gasteiger partial charge in [-0.3, -0.25) is 0 Å². The zero-order valence-corrected chi connectivity index (χ0v) is 8.55. The van der Waals surface area contributed by atoms with Crippen molar-refractivity contribution in [2.45, 2.75) is 42.6 Å². The largest absolute Gasteiger partial charge is 0.157 e. The van der Waals surface area contributed by atoms with Crippen LogP contribution in [0.5, 0.6) is 0 Å². The number of hydrogen-bond acceptors (Lipinski definition) is 2. The number of unbranched alkanes of at least 4 members (excludes halogenated alkanes) is 2. The Bertz CT molecular complexity index is 103.